The minimum absolute atomic E-state index is 0.616. The molecular weight excluding hydrogens is 432 g/mol. The van der Waals surface area contributed by atoms with Gasteiger partial charge in [0.05, 0.1) is 12.1 Å². The number of benzene rings is 3. The summed E-state index contributed by atoms with van der Waals surface area (Å²) in [5.41, 5.74) is 1.64. The number of hydrogen-bond acceptors (Lipinski definition) is 4. The highest BCUT2D eigenvalue weighted by Crippen LogP contribution is 2.34. The zero-order chi connectivity index (χ0) is 23.3. The first-order valence-corrected chi connectivity index (χ1v) is 12.4. The first-order chi connectivity index (χ1) is 16.0. The van der Waals surface area contributed by atoms with Gasteiger partial charge in [-0.05, 0) is 35.4 Å². The van der Waals surface area contributed by atoms with Crippen LogP contribution in [0.5, 0.6) is 5.75 Å². The van der Waals surface area contributed by atoms with Gasteiger partial charge in [0.25, 0.3) is 0 Å². The molecule has 0 radical (unpaired) electrons. The Morgan fingerprint density at radius 3 is 2.42 bits per heavy atom. The molecular formula is C28H35ClN2O2. The van der Waals surface area contributed by atoms with Crippen LogP contribution in [0.1, 0.15) is 37.3 Å². The lowest BCUT2D eigenvalue weighted by atomic mass is 9.93. The number of ether oxygens (including phenoxy) is 1. The van der Waals surface area contributed by atoms with E-state index in [1.165, 1.54) is 5.56 Å². The molecule has 4 rings (SSSR count). The molecule has 1 aliphatic heterocycles. The van der Waals surface area contributed by atoms with Crippen LogP contribution in [0.2, 0.25) is 5.02 Å². The molecule has 0 saturated carbocycles. The number of rotatable bonds is 9. The van der Waals surface area contributed by atoms with E-state index in [9.17, 15) is 5.11 Å². The zero-order valence-electron chi connectivity index (χ0n) is 19.8. The fourth-order valence-electron chi connectivity index (χ4n) is 4.90. The predicted molar refractivity (Wildman–Crippen MR) is 137 cm³/mol. The van der Waals surface area contributed by atoms with Gasteiger partial charge in [-0.15, -0.1) is 0 Å². The fraction of sp³-hybridized carbons (Fsp3) is 0.429. The number of piperazine rings is 1. The van der Waals surface area contributed by atoms with E-state index in [1.54, 1.807) is 7.11 Å². The molecule has 1 aliphatic rings. The van der Waals surface area contributed by atoms with Crippen LogP contribution in [0.3, 0.4) is 0 Å². The molecule has 3 aromatic carbocycles. The van der Waals surface area contributed by atoms with Gasteiger partial charge >= 0.3 is 0 Å². The molecule has 4 nitrogen and oxygen atoms in total. The van der Waals surface area contributed by atoms with Crippen molar-refractivity contribution in [1.82, 2.24) is 9.80 Å². The molecule has 33 heavy (non-hydrogen) atoms. The number of aliphatic hydroxyl groups is 1. The molecule has 0 bridgehead atoms. The lowest BCUT2D eigenvalue weighted by molar-refractivity contribution is -0.130. The maximum Gasteiger partial charge on any atom is 0.138 e. The number of unbranched alkanes of at least 4 members (excludes halogenated alkanes) is 1. The van der Waals surface area contributed by atoms with Crippen LogP contribution < -0.4 is 4.74 Å². The zero-order valence-corrected chi connectivity index (χ0v) is 20.5. The Morgan fingerprint density at radius 1 is 0.970 bits per heavy atom. The number of nitrogens with zero attached hydrogens (tertiary/aromatic N) is 2. The summed E-state index contributed by atoms with van der Waals surface area (Å²) < 4.78 is 5.35. The van der Waals surface area contributed by atoms with Crippen molar-refractivity contribution in [1.29, 1.82) is 0 Å². The average Bonchev–Trinajstić information content (AvgIpc) is 2.84. The Labute approximate surface area is 202 Å². The fourth-order valence-corrected chi connectivity index (χ4v) is 5.21. The number of hydrogen-bond donors (Lipinski definition) is 1. The Morgan fingerprint density at radius 2 is 1.73 bits per heavy atom. The Balaban J connectivity index is 1.48. The van der Waals surface area contributed by atoms with Crippen LogP contribution in [0.15, 0.2) is 60.7 Å². The highest BCUT2D eigenvalue weighted by Gasteiger charge is 2.36. The van der Waals surface area contributed by atoms with Gasteiger partial charge in [-0.2, -0.15) is 0 Å². The summed E-state index contributed by atoms with van der Waals surface area (Å²) in [5, 5.41) is 14.6. The normalized spacial score (nSPS) is 17.2. The van der Waals surface area contributed by atoms with Gasteiger partial charge in [-0.25, -0.2) is 0 Å². The Hall–Kier alpha value is -2.11. The Kier molecular flexibility index (Phi) is 7.92. The predicted octanol–water partition coefficient (Wildman–Crippen LogP) is 5.74. The third-order valence-electron chi connectivity index (χ3n) is 6.83. The van der Waals surface area contributed by atoms with E-state index in [4.69, 9.17) is 16.3 Å². The van der Waals surface area contributed by atoms with E-state index in [-0.39, 0.29) is 0 Å². The first kappa shape index (κ1) is 24.0. The van der Waals surface area contributed by atoms with E-state index < -0.39 is 5.72 Å². The third-order valence-corrected chi connectivity index (χ3v) is 7.22. The minimum atomic E-state index is -0.835. The summed E-state index contributed by atoms with van der Waals surface area (Å²) >= 11 is 6.50. The molecule has 0 amide bonds. The van der Waals surface area contributed by atoms with Crippen LogP contribution in [0.25, 0.3) is 10.8 Å². The van der Waals surface area contributed by atoms with Crippen LogP contribution in [0.4, 0.5) is 0 Å². The van der Waals surface area contributed by atoms with Crippen molar-refractivity contribution in [2.75, 3.05) is 33.3 Å². The summed E-state index contributed by atoms with van der Waals surface area (Å²) in [6.45, 7) is 6.85. The second kappa shape index (κ2) is 10.9. The van der Waals surface area contributed by atoms with Crippen molar-refractivity contribution in [2.45, 2.75) is 44.9 Å². The van der Waals surface area contributed by atoms with E-state index in [2.05, 4.69) is 59.2 Å². The van der Waals surface area contributed by atoms with Gasteiger partial charge in [-0.1, -0.05) is 79.5 Å². The van der Waals surface area contributed by atoms with Crippen LogP contribution >= 0.6 is 11.6 Å². The van der Waals surface area contributed by atoms with E-state index in [0.29, 0.717) is 17.2 Å². The molecule has 176 valence electrons. The van der Waals surface area contributed by atoms with Crippen molar-refractivity contribution in [2.24, 2.45) is 0 Å². The lowest BCUT2D eigenvalue weighted by Gasteiger charge is -2.45. The number of fused-ring (bicyclic) bond motifs is 1. The van der Waals surface area contributed by atoms with E-state index >= 15 is 0 Å². The van der Waals surface area contributed by atoms with Gasteiger partial charge in [0.1, 0.15) is 11.5 Å². The van der Waals surface area contributed by atoms with Gasteiger partial charge in [-0.3, -0.25) is 9.80 Å². The maximum absolute atomic E-state index is 11.9. The summed E-state index contributed by atoms with van der Waals surface area (Å²) in [5.74, 6) is 0.685. The van der Waals surface area contributed by atoms with Crippen molar-refractivity contribution >= 4 is 22.4 Å². The summed E-state index contributed by atoms with van der Waals surface area (Å²) in [4.78, 5) is 4.78. The van der Waals surface area contributed by atoms with E-state index in [0.717, 1.165) is 68.3 Å². The second-order valence-corrected chi connectivity index (χ2v) is 9.53. The maximum atomic E-state index is 11.9. The molecule has 1 saturated heterocycles. The SMILES string of the molecule is CCCC[C@](O)(Cc1ccc2c(Cl)c(OC)ccc2c1)N1CCN(Cc2ccccc2)CC1. The van der Waals surface area contributed by atoms with Crippen LogP contribution in [0, 0.1) is 0 Å². The second-order valence-electron chi connectivity index (χ2n) is 9.15. The topological polar surface area (TPSA) is 35.9 Å². The molecule has 0 unspecified atom stereocenters. The van der Waals surface area contributed by atoms with Crippen LogP contribution in [-0.4, -0.2) is 53.9 Å². The van der Waals surface area contributed by atoms with Crippen molar-refractivity contribution in [3.8, 4) is 5.75 Å². The summed E-state index contributed by atoms with van der Waals surface area (Å²) in [6.07, 6.45) is 3.48. The van der Waals surface area contributed by atoms with Gasteiger partial charge in [0.2, 0.25) is 0 Å². The van der Waals surface area contributed by atoms with Gasteiger partial charge in [0, 0.05) is 44.5 Å². The smallest absolute Gasteiger partial charge is 0.138 e. The average molecular weight is 467 g/mol. The number of halogens is 1. The van der Waals surface area contributed by atoms with Crippen LogP contribution in [-0.2, 0) is 13.0 Å². The molecule has 0 spiro atoms. The lowest BCUT2D eigenvalue weighted by Crippen LogP contribution is -2.58. The molecule has 0 aliphatic carbocycles. The Bertz CT molecular complexity index is 1050. The minimum Gasteiger partial charge on any atom is -0.495 e. The standard InChI is InChI=1S/C28H35ClN2O2/c1-3-4-14-28(32,31-17-15-30(16-18-31)21-22-8-6-5-7-9-22)20-23-10-12-25-24(19-23)11-13-26(33-2)27(25)29/h5-13,19,32H,3-4,14-18,20-21H2,1-2H3/t28-/m0/s1. The van der Waals surface area contributed by atoms with Crippen molar-refractivity contribution in [3.63, 3.8) is 0 Å². The molecule has 1 fully saturated rings. The molecule has 3 aromatic rings. The van der Waals surface area contributed by atoms with Crippen molar-refractivity contribution < 1.29 is 9.84 Å². The quantitative estimate of drug-likeness (QED) is 0.436. The monoisotopic (exact) mass is 466 g/mol. The molecule has 0 aromatic heterocycles. The van der Waals surface area contributed by atoms with Gasteiger partial charge < -0.3 is 9.84 Å². The summed E-state index contributed by atoms with van der Waals surface area (Å²) in [7, 11) is 1.63. The highest BCUT2D eigenvalue weighted by molar-refractivity contribution is 6.37. The van der Waals surface area contributed by atoms with Crippen molar-refractivity contribution in [3.05, 3.63) is 76.8 Å². The molecule has 1 atom stereocenters. The first-order valence-electron chi connectivity index (χ1n) is 12.0. The number of methoxy groups -OCH3 is 1. The van der Waals surface area contributed by atoms with E-state index in [1.807, 2.05) is 18.2 Å². The largest absolute Gasteiger partial charge is 0.495 e. The molecule has 1 N–H and O–H groups in total. The molecule has 5 heteroatoms. The summed E-state index contributed by atoms with van der Waals surface area (Å²) in [6, 6.07) is 20.9. The third kappa shape index (κ3) is 5.70. The highest BCUT2D eigenvalue weighted by atomic mass is 35.5. The molecule has 1 heterocycles. The van der Waals surface area contributed by atoms with Gasteiger partial charge in [0.15, 0.2) is 0 Å².